The molecular formula is C18H19FN6O2. The Morgan fingerprint density at radius 1 is 1.15 bits per heavy atom. The van der Waals surface area contributed by atoms with Crippen LogP contribution in [0.15, 0.2) is 39.0 Å². The quantitative estimate of drug-likeness (QED) is 0.684. The van der Waals surface area contributed by atoms with Crippen molar-refractivity contribution in [3.05, 3.63) is 56.5 Å². The van der Waals surface area contributed by atoms with Gasteiger partial charge in [0.15, 0.2) is 11.2 Å². The second-order valence-electron chi connectivity index (χ2n) is 6.75. The topological polar surface area (TPSA) is 77.4 Å². The summed E-state index contributed by atoms with van der Waals surface area (Å²) in [7, 11) is 3.34. The standard InChI is InChI=1S/C18H19FN6O2/c1-10-11(2)25-14-15(20-17(25)23(4)21-10)22(3)18(27)24(16(14)26)9-12-5-7-13(19)8-6-12/h5-8,11H,9H2,1-4H3/t11-/m1/s1. The molecule has 0 saturated carbocycles. The molecule has 1 aromatic carbocycles. The predicted molar refractivity (Wildman–Crippen MR) is 101 cm³/mol. The molecule has 3 heterocycles. The summed E-state index contributed by atoms with van der Waals surface area (Å²) in [6.45, 7) is 3.87. The predicted octanol–water partition coefficient (Wildman–Crippen LogP) is 1.47. The molecule has 0 N–H and O–H groups in total. The van der Waals surface area contributed by atoms with Gasteiger partial charge in [0, 0.05) is 14.1 Å². The van der Waals surface area contributed by atoms with Crippen molar-refractivity contribution < 1.29 is 4.39 Å². The van der Waals surface area contributed by atoms with Crippen molar-refractivity contribution in [3.8, 4) is 0 Å². The zero-order chi connectivity index (χ0) is 19.5. The van der Waals surface area contributed by atoms with Crippen molar-refractivity contribution in [1.29, 1.82) is 0 Å². The molecule has 0 spiro atoms. The van der Waals surface area contributed by atoms with E-state index in [-0.39, 0.29) is 18.4 Å². The average molecular weight is 370 g/mol. The number of hydrogen-bond acceptors (Lipinski definition) is 5. The van der Waals surface area contributed by atoms with Crippen LogP contribution in [0.4, 0.5) is 10.3 Å². The Balaban J connectivity index is 1.99. The van der Waals surface area contributed by atoms with E-state index in [4.69, 9.17) is 0 Å². The molecule has 0 fully saturated rings. The van der Waals surface area contributed by atoms with Crippen molar-refractivity contribution in [3.63, 3.8) is 0 Å². The second-order valence-corrected chi connectivity index (χ2v) is 6.75. The summed E-state index contributed by atoms with van der Waals surface area (Å²) in [6.07, 6.45) is 0. The van der Waals surface area contributed by atoms with Crippen LogP contribution in [0.3, 0.4) is 0 Å². The van der Waals surface area contributed by atoms with E-state index in [0.717, 1.165) is 10.3 Å². The summed E-state index contributed by atoms with van der Waals surface area (Å²) in [5.41, 5.74) is 1.27. The minimum Gasteiger partial charge on any atom is -0.294 e. The fraction of sp³-hybridized carbons (Fsp3) is 0.333. The smallest absolute Gasteiger partial charge is 0.294 e. The fourth-order valence-electron chi connectivity index (χ4n) is 3.39. The van der Waals surface area contributed by atoms with Crippen LogP contribution in [0.5, 0.6) is 0 Å². The number of benzene rings is 1. The first kappa shape index (κ1) is 17.2. The van der Waals surface area contributed by atoms with Crippen LogP contribution in [0.1, 0.15) is 25.5 Å². The van der Waals surface area contributed by atoms with E-state index in [1.54, 1.807) is 35.8 Å². The summed E-state index contributed by atoms with van der Waals surface area (Å²) >= 11 is 0. The van der Waals surface area contributed by atoms with Gasteiger partial charge in [-0.15, -0.1) is 0 Å². The van der Waals surface area contributed by atoms with Gasteiger partial charge in [-0.2, -0.15) is 10.1 Å². The van der Waals surface area contributed by atoms with Crippen molar-refractivity contribution in [2.24, 2.45) is 12.1 Å². The minimum atomic E-state index is -0.472. The van der Waals surface area contributed by atoms with Crippen LogP contribution in [0, 0.1) is 5.82 Å². The van der Waals surface area contributed by atoms with Gasteiger partial charge in [-0.05, 0) is 31.5 Å². The Morgan fingerprint density at radius 3 is 2.48 bits per heavy atom. The first-order chi connectivity index (χ1) is 12.8. The average Bonchev–Trinajstić information content (AvgIpc) is 3.05. The summed E-state index contributed by atoms with van der Waals surface area (Å²) in [4.78, 5) is 30.5. The van der Waals surface area contributed by atoms with Crippen LogP contribution >= 0.6 is 0 Å². The van der Waals surface area contributed by atoms with Gasteiger partial charge >= 0.3 is 5.69 Å². The highest BCUT2D eigenvalue weighted by atomic mass is 19.1. The zero-order valence-corrected chi connectivity index (χ0v) is 15.5. The number of aromatic nitrogens is 4. The van der Waals surface area contributed by atoms with Gasteiger partial charge in [0.05, 0.1) is 18.3 Å². The van der Waals surface area contributed by atoms with Gasteiger partial charge in [-0.3, -0.25) is 18.5 Å². The molecule has 0 saturated heterocycles. The van der Waals surface area contributed by atoms with Gasteiger partial charge in [0.2, 0.25) is 5.95 Å². The molecule has 0 amide bonds. The third kappa shape index (κ3) is 2.49. The molecule has 1 atom stereocenters. The SMILES string of the molecule is CC1=NN(C)c2nc3c(c(=O)n(Cc4ccc(F)cc4)c(=O)n3C)n2[C@@H]1C. The Bertz CT molecular complexity index is 1200. The number of hydrazone groups is 1. The Hall–Kier alpha value is -3.23. The van der Waals surface area contributed by atoms with Crippen molar-refractivity contribution in [2.75, 3.05) is 12.1 Å². The molecular weight excluding hydrogens is 351 g/mol. The highest BCUT2D eigenvalue weighted by Gasteiger charge is 2.29. The van der Waals surface area contributed by atoms with Crippen molar-refractivity contribution in [1.82, 2.24) is 18.7 Å². The Morgan fingerprint density at radius 2 is 1.81 bits per heavy atom. The highest BCUT2D eigenvalue weighted by molar-refractivity contribution is 5.90. The number of fused-ring (bicyclic) bond motifs is 3. The number of hydrogen-bond donors (Lipinski definition) is 0. The molecule has 8 nitrogen and oxygen atoms in total. The lowest BCUT2D eigenvalue weighted by Gasteiger charge is -2.26. The molecule has 1 aliphatic heterocycles. The Labute approximate surface area is 153 Å². The first-order valence-corrected chi connectivity index (χ1v) is 8.54. The lowest BCUT2D eigenvalue weighted by atomic mass is 10.2. The van der Waals surface area contributed by atoms with E-state index in [0.29, 0.717) is 22.7 Å². The molecule has 0 unspecified atom stereocenters. The number of aryl methyl sites for hydroxylation is 1. The van der Waals surface area contributed by atoms with Gasteiger partial charge < -0.3 is 0 Å². The van der Waals surface area contributed by atoms with Crippen molar-refractivity contribution >= 4 is 22.8 Å². The number of imidazole rings is 1. The molecule has 27 heavy (non-hydrogen) atoms. The van der Waals surface area contributed by atoms with Gasteiger partial charge in [-0.1, -0.05) is 12.1 Å². The van der Waals surface area contributed by atoms with E-state index in [2.05, 4.69) is 10.1 Å². The van der Waals surface area contributed by atoms with Crippen LogP contribution in [-0.2, 0) is 13.6 Å². The van der Waals surface area contributed by atoms with Crippen molar-refractivity contribution in [2.45, 2.75) is 26.4 Å². The van der Waals surface area contributed by atoms with Gasteiger partial charge in [0.25, 0.3) is 5.56 Å². The largest absolute Gasteiger partial charge is 0.332 e. The number of rotatable bonds is 2. The lowest BCUT2D eigenvalue weighted by Crippen LogP contribution is -2.40. The third-order valence-corrected chi connectivity index (χ3v) is 5.00. The highest BCUT2D eigenvalue weighted by Crippen LogP contribution is 2.28. The third-order valence-electron chi connectivity index (χ3n) is 5.00. The van der Waals surface area contributed by atoms with Crippen LogP contribution in [0.2, 0.25) is 0 Å². The van der Waals surface area contributed by atoms with Crippen LogP contribution in [-0.4, -0.2) is 31.4 Å². The molecule has 140 valence electrons. The fourth-order valence-corrected chi connectivity index (χ4v) is 3.39. The van der Waals surface area contributed by atoms with E-state index < -0.39 is 11.2 Å². The maximum atomic E-state index is 13.2. The molecule has 9 heteroatoms. The summed E-state index contributed by atoms with van der Waals surface area (Å²) < 4.78 is 17.5. The summed E-state index contributed by atoms with van der Waals surface area (Å²) in [5.74, 6) is 0.140. The van der Waals surface area contributed by atoms with E-state index >= 15 is 0 Å². The Kier molecular flexibility index (Phi) is 3.76. The number of nitrogens with zero attached hydrogens (tertiary/aromatic N) is 6. The maximum absolute atomic E-state index is 13.2. The normalized spacial score (nSPS) is 16.6. The molecule has 4 rings (SSSR count). The number of anilines is 1. The minimum absolute atomic E-state index is 0.0551. The molecule has 2 aromatic heterocycles. The van der Waals surface area contributed by atoms with E-state index in [1.165, 1.54) is 16.7 Å². The second kappa shape index (κ2) is 5.90. The molecule has 0 radical (unpaired) electrons. The lowest BCUT2D eigenvalue weighted by molar-refractivity contribution is 0.621. The molecule has 0 bridgehead atoms. The summed E-state index contributed by atoms with van der Waals surface area (Å²) in [5, 5.41) is 6.02. The number of halogens is 1. The first-order valence-electron chi connectivity index (χ1n) is 8.54. The van der Waals surface area contributed by atoms with Gasteiger partial charge in [0.1, 0.15) is 5.82 Å². The molecule has 0 aliphatic carbocycles. The van der Waals surface area contributed by atoms with Crippen LogP contribution < -0.4 is 16.3 Å². The zero-order valence-electron chi connectivity index (χ0n) is 15.5. The molecule has 3 aromatic rings. The van der Waals surface area contributed by atoms with Crippen LogP contribution in [0.25, 0.3) is 11.2 Å². The summed E-state index contributed by atoms with van der Waals surface area (Å²) in [6, 6.07) is 5.57. The van der Waals surface area contributed by atoms with E-state index in [9.17, 15) is 14.0 Å². The monoisotopic (exact) mass is 370 g/mol. The molecule has 1 aliphatic rings. The van der Waals surface area contributed by atoms with E-state index in [1.807, 2.05) is 13.8 Å². The maximum Gasteiger partial charge on any atom is 0.332 e. The van der Waals surface area contributed by atoms with Gasteiger partial charge in [-0.25, -0.2) is 14.2 Å².